The van der Waals surface area contributed by atoms with Gasteiger partial charge in [-0.3, -0.25) is 4.79 Å². The maximum absolute atomic E-state index is 13.5. The van der Waals surface area contributed by atoms with Crippen LogP contribution >= 0.6 is 11.3 Å². The third kappa shape index (κ3) is 4.24. The van der Waals surface area contributed by atoms with Crippen molar-refractivity contribution in [1.82, 2.24) is 15.0 Å². The minimum Gasteiger partial charge on any atom is -0.340 e. The Morgan fingerprint density at radius 2 is 2.03 bits per heavy atom. The van der Waals surface area contributed by atoms with Crippen molar-refractivity contribution in [2.75, 3.05) is 23.3 Å². The summed E-state index contributed by atoms with van der Waals surface area (Å²) in [6.07, 6.45) is 5.01. The van der Waals surface area contributed by atoms with Crippen molar-refractivity contribution in [2.24, 2.45) is 5.92 Å². The van der Waals surface area contributed by atoms with Gasteiger partial charge in [-0.15, -0.1) is 11.3 Å². The molecule has 3 aromatic rings. The van der Waals surface area contributed by atoms with E-state index in [1.165, 1.54) is 17.4 Å². The van der Waals surface area contributed by atoms with Crippen LogP contribution in [0.15, 0.2) is 36.7 Å². The van der Waals surface area contributed by atoms with E-state index in [1.54, 1.807) is 18.5 Å². The molecule has 4 rings (SSSR count). The van der Waals surface area contributed by atoms with E-state index < -0.39 is 11.6 Å². The van der Waals surface area contributed by atoms with Crippen LogP contribution in [-0.4, -0.2) is 33.9 Å². The number of piperidine rings is 1. The molecule has 3 heterocycles. The van der Waals surface area contributed by atoms with E-state index in [2.05, 4.69) is 20.3 Å². The van der Waals surface area contributed by atoms with Gasteiger partial charge in [0.15, 0.2) is 16.8 Å². The molecule has 1 amide bonds. The summed E-state index contributed by atoms with van der Waals surface area (Å²) < 4.78 is 26.7. The van der Waals surface area contributed by atoms with Crippen LogP contribution in [0.3, 0.4) is 0 Å². The fraction of sp³-hybridized carbons (Fsp3) is 0.300. The first-order valence-electron chi connectivity index (χ1n) is 9.27. The Balaban J connectivity index is 1.46. The second kappa shape index (κ2) is 8.20. The molecule has 1 N–H and O–H groups in total. The summed E-state index contributed by atoms with van der Waals surface area (Å²) in [6, 6.07) is 5.42. The van der Waals surface area contributed by atoms with E-state index in [0.29, 0.717) is 28.9 Å². The zero-order chi connectivity index (χ0) is 20.4. The number of anilines is 2. The summed E-state index contributed by atoms with van der Waals surface area (Å²) in [7, 11) is 0. The van der Waals surface area contributed by atoms with Crippen molar-refractivity contribution in [3.63, 3.8) is 0 Å². The van der Waals surface area contributed by atoms with Gasteiger partial charge in [-0.1, -0.05) is 0 Å². The van der Waals surface area contributed by atoms with Gasteiger partial charge in [0.1, 0.15) is 0 Å². The van der Waals surface area contributed by atoms with Gasteiger partial charge in [-0.05, 0) is 44.0 Å². The molecule has 0 unspecified atom stereocenters. The number of thiazole rings is 1. The Kier molecular flexibility index (Phi) is 5.48. The average molecular weight is 415 g/mol. The second-order valence-electron chi connectivity index (χ2n) is 6.88. The minimum absolute atomic E-state index is 0.115. The number of carbonyl (C=O) groups is 1. The first kappa shape index (κ1) is 19.4. The molecule has 0 saturated carbocycles. The molecule has 0 radical (unpaired) electrons. The van der Waals surface area contributed by atoms with Crippen LogP contribution in [0.25, 0.3) is 11.3 Å². The van der Waals surface area contributed by atoms with E-state index in [-0.39, 0.29) is 11.8 Å². The molecule has 150 valence electrons. The number of hydrogen-bond donors (Lipinski definition) is 1. The summed E-state index contributed by atoms with van der Waals surface area (Å²) in [5.41, 5.74) is 1.01. The molecule has 1 fully saturated rings. The van der Waals surface area contributed by atoms with Gasteiger partial charge < -0.3 is 10.2 Å². The second-order valence-corrected chi connectivity index (χ2v) is 8.08. The van der Waals surface area contributed by atoms with Gasteiger partial charge in [0.2, 0.25) is 11.9 Å². The number of nitrogens with one attached hydrogen (secondary N) is 1. The van der Waals surface area contributed by atoms with Crippen molar-refractivity contribution in [2.45, 2.75) is 19.8 Å². The summed E-state index contributed by atoms with van der Waals surface area (Å²) in [6.45, 7) is 3.18. The Morgan fingerprint density at radius 1 is 1.24 bits per heavy atom. The number of aromatic nitrogens is 3. The van der Waals surface area contributed by atoms with Gasteiger partial charge in [-0.2, -0.15) is 0 Å². The van der Waals surface area contributed by atoms with E-state index in [0.717, 1.165) is 36.4 Å². The third-order valence-electron chi connectivity index (χ3n) is 4.85. The summed E-state index contributed by atoms with van der Waals surface area (Å²) >= 11 is 1.31. The predicted molar refractivity (Wildman–Crippen MR) is 108 cm³/mol. The quantitative estimate of drug-likeness (QED) is 0.696. The van der Waals surface area contributed by atoms with Crippen LogP contribution in [0.5, 0.6) is 0 Å². The van der Waals surface area contributed by atoms with Crippen LogP contribution in [0, 0.1) is 24.5 Å². The van der Waals surface area contributed by atoms with Gasteiger partial charge in [0.05, 0.1) is 11.6 Å². The molecule has 6 nitrogen and oxygen atoms in total. The highest BCUT2D eigenvalue weighted by molar-refractivity contribution is 7.16. The predicted octanol–water partition coefficient (Wildman–Crippen LogP) is 4.04. The highest BCUT2D eigenvalue weighted by atomic mass is 32.1. The van der Waals surface area contributed by atoms with Crippen molar-refractivity contribution in [3.8, 4) is 11.3 Å². The van der Waals surface area contributed by atoms with E-state index in [9.17, 15) is 13.6 Å². The molecular weight excluding hydrogens is 396 g/mol. The van der Waals surface area contributed by atoms with Gasteiger partial charge in [0, 0.05) is 35.9 Å². The zero-order valence-corrected chi connectivity index (χ0v) is 16.5. The zero-order valence-electron chi connectivity index (χ0n) is 15.7. The van der Waals surface area contributed by atoms with Gasteiger partial charge >= 0.3 is 0 Å². The number of nitrogens with zero attached hydrogens (tertiary/aromatic N) is 4. The normalized spacial score (nSPS) is 16.7. The maximum atomic E-state index is 13.5. The third-order valence-corrected chi connectivity index (χ3v) is 5.73. The molecule has 29 heavy (non-hydrogen) atoms. The first-order valence-corrected chi connectivity index (χ1v) is 10.1. The van der Waals surface area contributed by atoms with Crippen molar-refractivity contribution < 1.29 is 13.6 Å². The Hall–Kier alpha value is -2.94. The van der Waals surface area contributed by atoms with Crippen molar-refractivity contribution >= 4 is 28.3 Å². The molecule has 1 aliphatic rings. The lowest BCUT2D eigenvalue weighted by atomic mass is 9.97. The van der Waals surface area contributed by atoms with Crippen LogP contribution in [0.2, 0.25) is 0 Å². The SMILES string of the molecule is Cc1sc(NC(=O)[C@@H]2CCCN(c3ncccn3)C2)nc1-c1ccc(F)c(F)c1. The van der Waals surface area contributed by atoms with Crippen LogP contribution in [0.1, 0.15) is 17.7 Å². The number of rotatable bonds is 4. The maximum Gasteiger partial charge on any atom is 0.231 e. The molecule has 9 heteroatoms. The number of aryl methyl sites for hydroxylation is 1. The van der Waals surface area contributed by atoms with Crippen LogP contribution < -0.4 is 10.2 Å². The monoisotopic (exact) mass is 415 g/mol. The Morgan fingerprint density at radius 3 is 2.79 bits per heavy atom. The fourth-order valence-corrected chi connectivity index (χ4v) is 4.23. The number of carbonyl (C=O) groups excluding carboxylic acids is 1. The lowest BCUT2D eigenvalue weighted by molar-refractivity contribution is -0.120. The largest absolute Gasteiger partial charge is 0.340 e. The molecule has 0 spiro atoms. The molecule has 0 aliphatic carbocycles. The lowest BCUT2D eigenvalue weighted by Gasteiger charge is -2.31. The Bertz CT molecular complexity index is 1030. The van der Waals surface area contributed by atoms with Crippen LogP contribution in [-0.2, 0) is 4.79 Å². The van der Waals surface area contributed by atoms with E-state index >= 15 is 0 Å². The standard InChI is InChI=1S/C20H19F2N5OS/c1-12-17(13-5-6-15(21)16(22)10-13)25-20(29-12)26-18(28)14-4-2-9-27(11-14)19-23-7-3-8-24-19/h3,5-8,10,14H,2,4,9,11H2,1H3,(H,25,26,28)/t14-/m1/s1. The lowest BCUT2D eigenvalue weighted by Crippen LogP contribution is -2.41. The number of hydrogen-bond acceptors (Lipinski definition) is 6. The molecule has 0 bridgehead atoms. The molecule has 1 aromatic carbocycles. The first-order chi connectivity index (χ1) is 14.0. The molecular formula is C20H19F2N5OS. The molecule has 1 aliphatic heterocycles. The van der Waals surface area contributed by atoms with Crippen LogP contribution in [0.4, 0.5) is 19.9 Å². The smallest absolute Gasteiger partial charge is 0.231 e. The van der Waals surface area contributed by atoms with E-state index in [1.807, 2.05) is 11.8 Å². The van der Waals surface area contributed by atoms with Crippen molar-refractivity contribution in [1.29, 1.82) is 0 Å². The number of benzene rings is 1. The summed E-state index contributed by atoms with van der Waals surface area (Å²) in [5, 5.41) is 3.32. The van der Waals surface area contributed by atoms with Gasteiger partial charge in [0.25, 0.3) is 0 Å². The molecule has 1 saturated heterocycles. The van der Waals surface area contributed by atoms with Gasteiger partial charge in [-0.25, -0.2) is 23.7 Å². The molecule has 2 aromatic heterocycles. The highest BCUT2D eigenvalue weighted by Crippen LogP contribution is 2.32. The number of amides is 1. The van der Waals surface area contributed by atoms with Crippen molar-refractivity contribution in [3.05, 3.63) is 53.2 Å². The summed E-state index contributed by atoms with van der Waals surface area (Å²) in [4.78, 5) is 28.5. The number of halogens is 2. The van der Waals surface area contributed by atoms with E-state index in [4.69, 9.17) is 0 Å². The highest BCUT2D eigenvalue weighted by Gasteiger charge is 2.28. The summed E-state index contributed by atoms with van der Waals surface area (Å²) in [5.74, 6) is -1.53. The minimum atomic E-state index is -0.925. The topological polar surface area (TPSA) is 71.0 Å². The average Bonchev–Trinajstić information content (AvgIpc) is 3.10. The molecule has 1 atom stereocenters. The fourth-order valence-electron chi connectivity index (χ4n) is 3.40. The Labute approximate surface area is 170 Å².